The lowest BCUT2D eigenvalue weighted by Crippen LogP contribution is -2.24. The zero-order valence-electron chi connectivity index (χ0n) is 12.9. The summed E-state index contributed by atoms with van der Waals surface area (Å²) in [5.74, 6) is -0.0551. The van der Waals surface area contributed by atoms with Crippen molar-refractivity contribution in [2.45, 2.75) is 19.4 Å². The lowest BCUT2D eigenvalue weighted by molar-refractivity contribution is -0.117. The molecule has 0 aliphatic carbocycles. The molecule has 1 aliphatic rings. The van der Waals surface area contributed by atoms with Crippen LogP contribution in [0.1, 0.15) is 28.8 Å². The summed E-state index contributed by atoms with van der Waals surface area (Å²) in [6, 6.07) is 12.8. The highest BCUT2D eigenvalue weighted by Crippen LogP contribution is 2.22. The van der Waals surface area contributed by atoms with Crippen LogP contribution >= 0.6 is 27.5 Å². The molecule has 0 atom stereocenters. The maximum Gasteiger partial charge on any atom is 0.253 e. The topological polar surface area (TPSA) is 49.4 Å². The molecule has 0 bridgehead atoms. The standard InChI is InChI=1S/C18H16BrClN2O2/c19-13-5-8-16(20)15(10-13)18(24)21-11-12-3-6-14(7-4-12)22-9-1-2-17(22)23/h3-8,10H,1-2,9,11H2,(H,21,24). The molecule has 2 aromatic carbocycles. The Balaban J connectivity index is 1.63. The smallest absolute Gasteiger partial charge is 0.253 e. The van der Waals surface area contributed by atoms with E-state index < -0.39 is 0 Å². The molecule has 6 heteroatoms. The Morgan fingerprint density at radius 3 is 2.62 bits per heavy atom. The monoisotopic (exact) mass is 406 g/mol. The molecule has 1 saturated heterocycles. The van der Waals surface area contributed by atoms with Gasteiger partial charge in [-0.2, -0.15) is 0 Å². The van der Waals surface area contributed by atoms with Gasteiger partial charge < -0.3 is 10.2 Å². The molecule has 1 aliphatic heterocycles. The van der Waals surface area contributed by atoms with Crippen molar-refractivity contribution in [3.63, 3.8) is 0 Å². The number of amides is 2. The summed E-state index contributed by atoms with van der Waals surface area (Å²) < 4.78 is 0.802. The highest BCUT2D eigenvalue weighted by atomic mass is 79.9. The van der Waals surface area contributed by atoms with Gasteiger partial charge in [-0.3, -0.25) is 9.59 Å². The number of carbonyl (C=O) groups excluding carboxylic acids is 2. The average molecular weight is 408 g/mol. The molecule has 1 N–H and O–H groups in total. The quantitative estimate of drug-likeness (QED) is 0.827. The number of benzene rings is 2. The Kier molecular flexibility index (Phi) is 5.21. The number of anilines is 1. The zero-order chi connectivity index (χ0) is 17.1. The van der Waals surface area contributed by atoms with Crippen LogP contribution < -0.4 is 10.2 Å². The molecule has 2 amide bonds. The van der Waals surface area contributed by atoms with E-state index in [0.29, 0.717) is 23.6 Å². The minimum atomic E-state index is -0.222. The van der Waals surface area contributed by atoms with Gasteiger partial charge in [-0.15, -0.1) is 0 Å². The fraction of sp³-hybridized carbons (Fsp3) is 0.222. The van der Waals surface area contributed by atoms with E-state index in [-0.39, 0.29) is 11.8 Å². The Morgan fingerprint density at radius 2 is 1.96 bits per heavy atom. The van der Waals surface area contributed by atoms with Gasteiger partial charge in [0.25, 0.3) is 5.91 Å². The van der Waals surface area contributed by atoms with Crippen LogP contribution in [0.15, 0.2) is 46.9 Å². The van der Waals surface area contributed by atoms with E-state index in [9.17, 15) is 9.59 Å². The first-order chi connectivity index (χ1) is 11.5. The number of hydrogen-bond donors (Lipinski definition) is 1. The van der Waals surface area contributed by atoms with Crippen LogP contribution in [-0.2, 0) is 11.3 Å². The lowest BCUT2D eigenvalue weighted by atomic mass is 10.1. The summed E-state index contributed by atoms with van der Waals surface area (Å²) in [6.07, 6.45) is 1.52. The van der Waals surface area contributed by atoms with E-state index in [1.807, 2.05) is 24.3 Å². The molecular formula is C18H16BrClN2O2. The second-order valence-electron chi connectivity index (χ2n) is 5.62. The van der Waals surface area contributed by atoms with Gasteiger partial charge in [-0.25, -0.2) is 0 Å². The van der Waals surface area contributed by atoms with Gasteiger partial charge in [0.1, 0.15) is 0 Å². The number of rotatable bonds is 4. The second kappa shape index (κ2) is 7.36. The molecule has 24 heavy (non-hydrogen) atoms. The van der Waals surface area contributed by atoms with Crippen LogP contribution in [0, 0.1) is 0 Å². The van der Waals surface area contributed by atoms with Gasteiger partial charge in [-0.1, -0.05) is 39.7 Å². The molecule has 124 valence electrons. The molecule has 4 nitrogen and oxygen atoms in total. The maximum absolute atomic E-state index is 12.2. The number of hydrogen-bond acceptors (Lipinski definition) is 2. The maximum atomic E-state index is 12.2. The molecular weight excluding hydrogens is 392 g/mol. The summed E-state index contributed by atoms with van der Waals surface area (Å²) in [4.78, 5) is 25.8. The highest BCUT2D eigenvalue weighted by Gasteiger charge is 2.21. The summed E-state index contributed by atoms with van der Waals surface area (Å²) in [7, 11) is 0. The van der Waals surface area contributed by atoms with E-state index in [1.165, 1.54) is 0 Å². The fourth-order valence-corrected chi connectivity index (χ4v) is 3.23. The SMILES string of the molecule is O=C(NCc1ccc(N2CCCC2=O)cc1)c1cc(Br)ccc1Cl. The van der Waals surface area contributed by atoms with Crippen LogP contribution in [0.3, 0.4) is 0 Å². The molecule has 0 unspecified atom stereocenters. The zero-order valence-corrected chi connectivity index (χ0v) is 15.2. The Morgan fingerprint density at radius 1 is 1.21 bits per heavy atom. The van der Waals surface area contributed by atoms with Crippen LogP contribution in [-0.4, -0.2) is 18.4 Å². The van der Waals surface area contributed by atoms with Crippen molar-refractivity contribution in [3.8, 4) is 0 Å². The van der Waals surface area contributed by atoms with Crippen LogP contribution in [0.4, 0.5) is 5.69 Å². The van der Waals surface area contributed by atoms with Gasteiger partial charge >= 0.3 is 0 Å². The number of halogens is 2. The third-order valence-corrected chi connectivity index (χ3v) is 4.77. The molecule has 1 heterocycles. The van der Waals surface area contributed by atoms with Crippen LogP contribution in [0.2, 0.25) is 5.02 Å². The van der Waals surface area contributed by atoms with E-state index in [2.05, 4.69) is 21.2 Å². The molecule has 0 aromatic heterocycles. The van der Waals surface area contributed by atoms with Crippen molar-refractivity contribution < 1.29 is 9.59 Å². The van der Waals surface area contributed by atoms with Crippen molar-refractivity contribution in [2.75, 3.05) is 11.4 Å². The van der Waals surface area contributed by atoms with Crippen molar-refractivity contribution >= 4 is 45.0 Å². The lowest BCUT2D eigenvalue weighted by Gasteiger charge is -2.16. The first kappa shape index (κ1) is 17.0. The number of carbonyl (C=O) groups is 2. The normalized spacial score (nSPS) is 14.1. The number of nitrogens with one attached hydrogen (secondary N) is 1. The van der Waals surface area contributed by atoms with E-state index >= 15 is 0 Å². The Bertz CT molecular complexity index is 777. The van der Waals surface area contributed by atoms with Crippen molar-refractivity contribution in [1.82, 2.24) is 5.32 Å². The van der Waals surface area contributed by atoms with Crippen LogP contribution in [0.25, 0.3) is 0 Å². The molecule has 0 radical (unpaired) electrons. The predicted molar refractivity (Wildman–Crippen MR) is 98.4 cm³/mol. The van der Waals surface area contributed by atoms with Gasteiger partial charge in [0.05, 0.1) is 10.6 Å². The van der Waals surface area contributed by atoms with E-state index in [0.717, 1.165) is 28.7 Å². The predicted octanol–water partition coefficient (Wildman–Crippen LogP) is 4.16. The summed E-state index contributed by atoms with van der Waals surface area (Å²) in [6.45, 7) is 1.17. The molecule has 0 saturated carbocycles. The Hall–Kier alpha value is -1.85. The molecule has 0 spiro atoms. The minimum absolute atomic E-state index is 0.167. The second-order valence-corrected chi connectivity index (χ2v) is 6.95. The third kappa shape index (κ3) is 3.79. The van der Waals surface area contributed by atoms with Crippen LogP contribution in [0.5, 0.6) is 0 Å². The van der Waals surface area contributed by atoms with Gasteiger partial charge in [-0.05, 0) is 42.3 Å². The first-order valence-corrected chi connectivity index (χ1v) is 8.84. The van der Waals surface area contributed by atoms with Gasteiger partial charge in [0, 0.05) is 29.7 Å². The van der Waals surface area contributed by atoms with Crippen molar-refractivity contribution in [3.05, 3.63) is 63.1 Å². The van der Waals surface area contributed by atoms with Crippen molar-refractivity contribution in [1.29, 1.82) is 0 Å². The number of nitrogens with zero attached hydrogens (tertiary/aromatic N) is 1. The molecule has 3 rings (SSSR count). The first-order valence-electron chi connectivity index (χ1n) is 7.67. The van der Waals surface area contributed by atoms with E-state index in [4.69, 9.17) is 11.6 Å². The largest absolute Gasteiger partial charge is 0.348 e. The summed E-state index contributed by atoms with van der Waals surface area (Å²) in [5, 5.41) is 3.27. The Labute approximate surface area is 153 Å². The average Bonchev–Trinajstić information content (AvgIpc) is 3.01. The minimum Gasteiger partial charge on any atom is -0.348 e. The third-order valence-electron chi connectivity index (χ3n) is 3.95. The molecule has 1 fully saturated rings. The summed E-state index contributed by atoms with van der Waals surface area (Å²) in [5.41, 5.74) is 2.30. The highest BCUT2D eigenvalue weighted by molar-refractivity contribution is 9.10. The molecule has 2 aromatic rings. The fourth-order valence-electron chi connectivity index (χ4n) is 2.66. The summed E-state index contributed by atoms with van der Waals surface area (Å²) >= 11 is 9.40. The van der Waals surface area contributed by atoms with E-state index in [1.54, 1.807) is 23.1 Å². The van der Waals surface area contributed by atoms with Gasteiger partial charge in [0.15, 0.2) is 0 Å². The van der Waals surface area contributed by atoms with Crippen molar-refractivity contribution in [2.24, 2.45) is 0 Å². The van der Waals surface area contributed by atoms with Gasteiger partial charge in [0.2, 0.25) is 5.91 Å².